The number of aromatic hydroxyl groups is 1. The second-order valence-electron chi connectivity index (χ2n) is 9.74. The van der Waals surface area contributed by atoms with Gasteiger partial charge < -0.3 is 26.0 Å². The lowest BCUT2D eigenvalue weighted by Gasteiger charge is -2.37. The van der Waals surface area contributed by atoms with Crippen molar-refractivity contribution in [2.75, 3.05) is 0 Å². The smallest absolute Gasteiger partial charge is 0.243 e. The Morgan fingerprint density at radius 2 is 1.78 bits per heavy atom. The normalized spacial score (nSPS) is 15.9. The number of carbonyl (C=O) groups is 2. The maximum absolute atomic E-state index is 13.7. The fraction of sp³-hybridized carbons (Fsp3) is 0.276. The van der Waals surface area contributed by atoms with Gasteiger partial charge in [-0.3, -0.25) is 9.59 Å². The summed E-state index contributed by atoms with van der Waals surface area (Å²) in [7, 11) is 0. The zero-order valence-corrected chi connectivity index (χ0v) is 21.0. The van der Waals surface area contributed by atoms with Gasteiger partial charge in [-0.15, -0.1) is 0 Å². The summed E-state index contributed by atoms with van der Waals surface area (Å²) in [5, 5.41) is 12.8. The lowest BCUT2D eigenvalue weighted by molar-refractivity contribution is -0.142. The van der Waals surface area contributed by atoms with Crippen LogP contribution in [0.3, 0.4) is 0 Å². The number of para-hydroxylation sites is 2. The molecule has 8 nitrogen and oxygen atoms in total. The molecule has 2 amide bonds. The number of nitrogens with zero attached hydrogens (tertiary/aromatic N) is 2. The molecule has 2 heterocycles. The topological polar surface area (TPSA) is 124 Å². The van der Waals surface area contributed by atoms with Gasteiger partial charge in [0.25, 0.3) is 0 Å². The minimum Gasteiger partial charge on any atom is -0.508 e. The van der Waals surface area contributed by atoms with Gasteiger partial charge in [-0.05, 0) is 72.4 Å². The van der Waals surface area contributed by atoms with E-state index in [4.69, 9.17) is 5.73 Å². The fourth-order valence-corrected chi connectivity index (χ4v) is 5.18. The summed E-state index contributed by atoms with van der Waals surface area (Å²) in [5.74, 6) is 0.323. The molecule has 190 valence electrons. The van der Waals surface area contributed by atoms with Gasteiger partial charge in [0.2, 0.25) is 11.8 Å². The molecule has 2 atom stereocenters. The summed E-state index contributed by atoms with van der Waals surface area (Å²) in [5.41, 5.74) is 12.9. The zero-order chi connectivity index (χ0) is 26.1. The molecular weight excluding hydrogens is 466 g/mol. The SMILES string of the molecule is Cc1cc(O)cc(C)c1C[C@H](N)C(=O)N1Cc2ccccc2CC1C(=O)NCc1nc2ccccc2[nH]1. The van der Waals surface area contributed by atoms with Gasteiger partial charge in [0.15, 0.2) is 0 Å². The molecule has 1 aromatic heterocycles. The minimum atomic E-state index is -0.821. The van der Waals surface area contributed by atoms with Crippen LogP contribution in [-0.4, -0.2) is 43.9 Å². The number of fused-ring (bicyclic) bond motifs is 2. The van der Waals surface area contributed by atoms with Crippen molar-refractivity contribution in [3.8, 4) is 5.75 Å². The predicted molar refractivity (Wildman–Crippen MR) is 142 cm³/mol. The van der Waals surface area contributed by atoms with Crippen LogP contribution >= 0.6 is 0 Å². The van der Waals surface area contributed by atoms with Crippen LogP contribution in [0.4, 0.5) is 0 Å². The molecule has 1 aliphatic rings. The molecule has 0 saturated heterocycles. The molecule has 5 N–H and O–H groups in total. The molecule has 1 aliphatic heterocycles. The van der Waals surface area contributed by atoms with Gasteiger partial charge in [-0.25, -0.2) is 4.98 Å². The third-order valence-corrected chi connectivity index (χ3v) is 7.12. The standard InChI is InChI=1S/C29H31N5O3/c1-17-11-21(35)12-18(2)22(17)14-23(30)29(37)34-16-20-8-4-3-7-19(20)13-26(34)28(36)31-15-27-32-24-9-5-6-10-25(24)33-27/h3-12,23,26,35H,13-16,30H2,1-2H3,(H,31,36)(H,32,33)/t23-,26?/m0/s1. The van der Waals surface area contributed by atoms with Crippen molar-refractivity contribution in [1.29, 1.82) is 0 Å². The van der Waals surface area contributed by atoms with Crippen LogP contribution in [0, 0.1) is 13.8 Å². The first kappa shape index (κ1) is 24.5. The number of hydrogen-bond acceptors (Lipinski definition) is 5. The molecule has 0 spiro atoms. The van der Waals surface area contributed by atoms with E-state index >= 15 is 0 Å². The van der Waals surface area contributed by atoms with Crippen LogP contribution in [0.5, 0.6) is 5.75 Å². The first-order chi connectivity index (χ1) is 17.8. The van der Waals surface area contributed by atoms with Crippen molar-refractivity contribution < 1.29 is 14.7 Å². The van der Waals surface area contributed by atoms with E-state index in [0.29, 0.717) is 25.2 Å². The lowest BCUT2D eigenvalue weighted by Crippen LogP contribution is -2.56. The minimum absolute atomic E-state index is 0.187. The van der Waals surface area contributed by atoms with Crippen molar-refractivity contribution in [2.45, 2.75) is 51.9 Å². The monoisotopic (exact) mass is 497 g/mol. The van der Waals surface area contributed by atoms with Crippen molar-refractivity contribution in [2.24, 2.45) is 5.73 Å². The Balaban J connectivity index is 1.35. The number of aromatic nitrogens is 2. The average molecular weight is 498 g/mol. The molecule has 3 aromatic carbocycles. The fourth-order valence-electron chi connectivity index (χ4n) is 5.18. The Kier molecular flexibility index (Phi) is 6.67. The highest BCUT2D eigenvalue weighted by Crippen LogP contribution is 2.26. The number of aryl methyl sites for hydroxylation is 2. The number of carbonyl (C=O) groups excluding carboxylic acids is 2. The van der Waals surface area contributed by atoms with Crippen LogP contribution in [0.1, 0.15) is 33.6 Å². The largest absolute Gasteiger partial charge is 0.508 e. The molecule has 5 rings (SSSR count). The van der Waals surface area contributed by atoms with E-state index < -0.39 is 12.1 Å². The van der Waals surface area contributed by atoms with E-state index in [1.54, 1.807) is 17.0 Å². The maximum Gasteiger partial charge on any atom is 0.243 e. The molecule has 8 heteroatoms. The number of benzene rings is 3. The number of phenols is 1. The predicted octanol–water partition coefficient (Wildman–Crippen LogP) is 3.03. The molecule has 0 aliphatic carbocycles. The third kappa shape index (κ3) is 5.06. The number of phenolic OH excluding ortho intramolecular Hbond substituents is 1. The summed E-state index contributed by atoms with van der Waals surface area (Å²) in [4.78, 5) is 36.4. The van der Waals surface area contributed by atoms with Crippen molar-refractivity contribution in [3.05, 3.63) is 94.3 Å². The molecule has 0 fully saturated rings. The molecule has 0 saturated carbocycles. The highest BCUT2D eigenvalue weighted by molar-refractivity contribution is 5.90. The quantitative estimate of drug-likeness (QED) is 0.326. The number of H-pyrrole nitrogens is 1. The molecule has 0 bridgehead atoms. The Morgan fingerprint density at radius 3 is 2.51 bits per heavy atom. The molecule has 1 unspecified atom stereocenters. The summed E-state index contributed by atoms with van der Waals surface area (Å²) in [6.45, 7) is 4.33. The number of imidazole rings is 1. The van der Waals surface area contributed by atoms with E-state index in [9.17, 15) is 14.7 Å². The summed E-state index contributed by atoms with van der Waals surface area (Å²) in [6.07, 6.45) is 0.736. The van der Waals surface area contributed by atoms with Crippen LogP contribution in [0.2, 0.25) is 0 Å². The van der Waals surface area contributed by atoms with E-state index in [1.807, 2.05) is 62.4 Å². The number of hydrogen-bond donors (Lipinski definition) is 4. The Morgan fingerprint density at radius 1 is 1.11 bits per heavy atom. The summed E-state index contributed by atoms with van der Waals surface area (Å²) in [6, 6.07) is 17.4. The van der Waals surface area contributed by atoms with Crippen LogP contribution in [0.25, 0.3) is 11.0 Å². The maximum atomic E-state index is 13.7. The number of amides is 2. The van der Waals surface area contributed by atoms with Gasteiger partial charge >= 0.3 is 0 Å². The lowest BCUT2D eigenvalue weighted by atomic mass is 9.91. The van der Waals surface area contributed by atoms with E-state index in [1.165, 1.54) is 0 Å². The first-order valence-electron chi connectivity index (χ1n) is 12.4. The first-order valence-corrected chi connectivity index (χ1v) is 12.4. The van der Waals surface area contributed by atoms with Crippen LogP contribution in [-0.2, 0) is 35.5 Å². The highest BCUT2D eigenvalue weighted by atomic mass is 16.3. The van der Waals surface area contributed by atoms with E-state index in [-0.39, 0.29) is 24.1 Å². The Bertz CT molecular complexity index is 1420. The second-order valence-corrected chi connectivity index (χ2v) is 9.74. The summed E-state index contributed by atoms with van der Waals surface area (Å²) < 4.78 is 0. The third-order valence-electron chi connectivity index (χ3n) is 7.12. The second kappa shape index (κ2) is 10.1. The number of rotatable bonds is 6. The average Bonchev–Trinajstić information content (AvgIpc) is 3.31. The molecule has 4 aromatic rings. The Labute approximate surface area is 215 Å². The highest BCUT2D eigenvalue weighted by Gasteiger charge is 2.36. The molecule has 37 heavy (non-hydrogen) atoms. The van der Waals surface area contributed by atoms with Gasteiger partial charge in [0, 0.05) is 13.0 Å². The van der Waals surface area contributed by atoms with Crippen molar-refractivity contribution in [3.63, 3.8) is 0 Å². The van der Waals surface area contributed by atoms with Crippen LogP contribution < -0.4 is 11.1 Å². The van der Waals surface area contributed by atoms with Gasteiger partial charge in [-0.1, -0.05) is 36.4 Å². The zero-order valence-electron chi connectivity index (χ0n) is 21.0. The van der Waals surface area contributed by atoms with Crippen LogP contribution in [0.15, 0.2) is 60.7 Å². The number of aromatic amines is 1. The van der Waals surface area contributed by atoms with Gasteiger partial charge in [-0.2, -0.15) is 0 Å². The number of nitrogens with one attached hydrogen (secondary N) is 2. The van der Waals surface area contributed by atoms with Gasteiger partial charge in [0.05, 0.1) is 23.6 Å². The van der Waals surface area contributed by atoms with Crippen molar-refractivity contribution >= 4 is 22.8 Å². The van der Waals surface area contributed by atoms with Gasteiger partial charge in [0.1, 0.15) is 17.6 Å². The van der Waals surface area contributed by atoms with E-state index in [2.05, 4.69) is 15.3 Å². The number of nitrogens with two attached hydrogens (primary N) is 1. The van der Waals surface area contributed by atoms with Crippen molar-refractivity contribution in [1.82, 2.24) is 20.2 Å². The Hall–Kier alpha value is -4.17. The van der Waals surface area contributed by atoms with E-state index in [0.717, 1.165) is 38.9 Å². The summed E-state index contributed by atoms with van der Waals surface area (Å²) >= 11 is 0. The molecule has 0 radical (unpaired) electrons. The molecular formula is C29H31N5O3.